The monoisotopic (exact) mass is 410 g/mol. The summed E-state index contributed by atoms with van der Waals surface area (Å²) in [6, 6.07) is 16.4. The lowest BCUT2D eigenvalue weighted by molar-refractivity contribution is -0.125. The molecule has 5 nitrogen and oxygen atoms in total. The van der Waals surface area contributed by atoms with Gasteiger partial charge in [-0.1, -0.05) is 53.8 Å². The number of piperidine rings is 1. The van der Waals surface area contributed by atoms with Crippen LogP contribution in [0.4, 0.5) is 9.52 Å². The Kier molecular flexibility index (Phi) is 6.14. The van der Waals surface area contributed by atoms with Gasteiger partial charge in [0.2, 0.25) is 11.0 Å². The predicted molar refractivity (Wildman–Crippen MR) is 112 cm³/mol. The number of carbonyl (C=O) groups excluding carboxylic acids is 1. The van der Waals surface area contributed by atoms with Crippen LogP contribution in [0.3, 0.4) is 0 Å². The Morgan fingerprint density at radius 3 is 2.48 bits per heavy atom. The fraction of sp³-hybridized carbons (Fsp3) is 0.318. The molecule has 2 aromatic carbocycles. The SMILES string of the molecule is O=C(NCc1ccccc1)C1CCN(c2nnc(Cc3ccc(F)cc3)s2)CC1. The maximum absolute atomic E-state index is 13.0. The summed E-state index contributed by atoms with van der Waals surface area (Å²) >= 11 is 1.57. The highest BCUT2D eigenvalue weighted by Gasteiger charge is 2.26. The molecule has 1 saturated heterocycles. The highest BCUT2D eigenvalue weighted by atomic mass is 32.1. The zero-order chi connectivity index (χ0) is 20.1. The van der Waals surface area contributed by atoms with Crippen molar-refractivity contribution in [3.05, 3.63) is 76.5 Å². The van der Waals surface area contributed by atoms with E-state index in [4.69, 9.17) is 0 Å². The standard InChI is InChI=1S/C22H23FN4OS/c23-19-8-6-16(7-9-19)14-20-25-26-22(29-20)27-12-10-18(11-13-27)21(28)24-15-17-4-2-1-3-5-17/h1-9,18H,10-15H2,(H,24,28). The molecule has 7 heteroatoms. The van der Waals surface area contributed by atoms with Crippen LogP contribution in [0.5, 0.6) is 0 Å². The van der Waals surface area contributed by atoms with Gasteiger partial charge >= 0.3 is 0 Å². The first-order valence-corrected chi connectivity index (χ1v) is 10.6. The Labute approximate surface area is 173 Å². The zero-order valence-electron chi connectivity index (χ0n) is 16.1. The van der Waals surface area contributed by atoms with Crippen molar-refractivity contribution in [3.8, 4) is 0 Å². The van der Waals surface area contributed by atoms with Crippen LogP contribution in [-0.4, -0.2) is 29.2 Å². The van der Waals surface area contributed by atoms with E-state index in [-0.39, 0.29) is 17.6 Å². The van der Waals surface area contributed by atoms with Gasteiger partial charge in [0.1, 0.15) is 10.8 Å². The molecule has 1 aromatic heterocycles. The zero-order valence-corrected chi connectivity index (χ0v) is 16.9. The van der Waals surface area contributed by atoms with Crippen LogP contribution in [0.15, 0.2) is 54.6 Å². The fourth-order valence-corrected chi connectivity index (χ4v) is 4.41. The number of aromatic nitrogens is 2. The number of benzene rings is 2. The summed E-state index contributed by atoms with van der Waals surface area (Å²) in [6.45, 7) is 2.17. The highest BCUT2D eigenvalue weighted by Crippen LogP contribution is 2.27. The average molecular weight is 411 g/mol. The Balaban J connectivity index is 1.26. The second kappa shape index (κ2) is 9.13. The first-order chi connectivity index (χ1) is 14.2. The normalized spacial score (nSPS) is 14.7. The third-order valence-corrected chi connectivity index (χ3v) is 6.15. The summed E-state index contributed by atoms with van der Waals surface area (Å²) in [6.07, 6.45) is 2.28. The molecule has 0 radical (unpaired) electrons. The first kappa shape index (κ1) is 19.5. The lowest BCUT2D eigenvalue weighted by Gasteiger charge is -2.30. The van der Waals surface area contributed by atoms with E-state index in [1.807, 2.05) is 30.3 Å². The number of halogens is 1. The smallest absolute Gasteiger partial charge is 0.223 e. The van der Waals surface area contributed by atoms with Crippen molar-refractivity contribution in [2.75, 3.05) is 18.0 Å². The van der Waals surface area contributed by atoms with Crippen molar-refractivity contribution in [2.24, 2.45) is 5.92 Å². The Bertz CT molecular complexity index is 937. The van der Waals surface area contributed by atoms with Crippen molar-refractivity contribution in [3.63, 3.8) is 0 Å². The van der Waals surface area contributed by atoms with Gasteiger partial charge in [0.25, 0.3) is 0 Å². The minimum atomic E-state index is -0.234. The molecule has 0 unspecified atom stereocenters. The van der Waals surface area contributed by atoms with Crippen molar-refractivity contribution in [2.45, 2.75) is 25.8 Å². The molecule has 0 atom stereocenters. The van der Waals surface area contributed by atoms with Gasteiger partial charge in [-0.25, -0.2) is 4.39 Å². The minimum Gasteiger partial charge on any atom is -0.352 e. The van der Waals surface area contributed by atoms with Gasteiger partial charge < -0.3 is 10.2 Å². The summed E-state index contributed by atoms with van der Waals surface area (Å²) < 4.78 is 13.0. The van der Waals surface area contributed by atoms with Gasteiger partial charge in [-0.3, -0.25) is 4.79 Å². The van der Waals surface area contributed by atoms with Crippen LogP contribution in [0, 0.1) is 11.7 Å². The third kappa shape index (κ3) is 5.17. The molecule has 3 aromatic rings. The van der Waals surface area contributed by atoms with Gasteiger partial charge in [-0.2, -0.15) is 0 Å². The molecular weight excluding hydrogens is 387 g/mol. The van der Waals surface area contributed by atoms with Gasteiger partial charge in [0.05, 0.1) is 0 Å². The second-order valence-corrected chi connectivity index (χ2v) is 8.29. The van der Waals surface area contributed by atoms with E-state index in [0.29, 0.717) is 13.0 Å². The van der Waals surface area contributed by atoms with Crippen LogP contribution in [0.25, 0.3) is 0 Å². The Morgan fingerprint density at radius 2 is 1.76 bits per heavy atom. The largest absolute Gasteiger partial charge is 0.352 e. The molecule has 1 aliphatic heterocycles. The third-order valence-electron chi connectivity index (χ3n) is 5.17. The summed E-state index contributed by atoms with van der Waals surface area (Å²) in [7, 11) is 0. The Hall–Kier alpha value is -2.80. The highest BCUT2D eigenvalue weighted by molar-refractivity contribution is 7.15. The van der Waals surface area contributed by atoms with Crippen molar-refractivity contribution < 1.29 is 9.18 Å². The van der Waals surface area contributed by atoms with Crippen LogP contribution < -0.4 is 10.2 Å². The molecular formula is C22H23FN4OS. The summed E-state index contributed by atoms with van der Waals surface area (Å²) in [5.41, 5.74) is 2.13. The Morgan fingerprint density at radius 1 is 1.03 bits per heavy atom. The maximum atomic E-state index is 13.0. The molecule has 1 N–H and O–H groups in total. The van der Waals surface area contributed by atoms with Crippen LogP contribution in [-0.2, 0) is 17.8 Å². The average Bonchev–Trinajstić information content (AvgIpc) is 3.23. The van der Waals surface area contributed by atoms with Gasteiger partial charge in [-0.15, -0.1) is 10.2 Å². The molecule has 1 aliphatic rings. The van der Waals surface area contributed by atoms with Crippen LogP contribution in [0.2, 0.25) is 0 Å². The molecule has 0 bridgehead atoms. The fourth-order valence-electron chi connectivity index (χ4n) is 3.48. The summed E-state index contributed by atoms with van der Waals surface area (Å²) in [5, 5.41) is 13.5. The number of anilines is 1. The first-order valence-electron chi connectivity index (χ1n) is 9.81. The molecule has 0 saturated carbocycles. The van der Waals surface area contributed by atoms with Crippen molar-refractivity contribution in [1.82, 2.24) is 15.5 Å². The second-order valence-electron chi connectivity index (χ2n) is 7.25. The van der Waals surface area contributed by atoms with Crippen molar-refractivity contribution >= 4 is 22.4 Å². The topological polar surface area (TPSA) is 58.1 Å². The minimum absolute atomic E-state index is 0.0431. The van der Waals surface area contributed by atoms with E-state index < -0.39 is 0 Å². The van der Waals surface area contributed by atoms with E-state index in [9.17, 15) is 9.18 Å². The summed E-state index contributed by atoms with van der Waals surface area (Å²) in [4.78, 5) is 14.7. The van der Waals surface area contributed by atoms with Crippen molar-refractivity contribution in [1.29, 1.82) is 0 Å². The number of rotatable bonds is 6. The quantitative estimate of drug-likeness (QED) is 0.672. The van der Waals surface area contributed by atoms with E-state index in [2.05, 4.69) is 20.4 Å². The molecule has 4 rings (SSSR count). The molecule has 1 fully saturated rings. The van der Waals surface area contributed by atoms with E-state index in [1.54, 1.807) is 23.5 Å². The molecule has 2 heterocycles. The number of carbonyl (C=O) groups is 1. The maximum Gasteiger partial charge on any atom is 0.223 e. The van der Waals surface area contributed by atoms with Crippen LogP contribution in [0.1, 0.15) is 29.0 Å². The number of amides is 1. The number of hydrogen-bond donors (Lipinski definition) is 1. The number of nitrogens with zero attached hydrogens (tertiary/aromatic N) is 3. The summed E-state index contributed by atoms with van der Waals surface area (Å²) in [5.74, 6) is -0.0632. The number of hydrogen-bond acceptors (Lipinski definition) is 5. The molecule has 29 heavy (non-hydrogen) atoms. The number of nitrogens with one attached hydrogen (secondary N) is 1. The molecule has 0 spiro atoms. The molecule has 0 aliphatic carbocycles. The molecule has 1 amide bonds. The van der Waals surface area contributed by atoms with E-state index in [0.717, 1.165) is 47.2 Å². The lowest BCUT2D eigenvalue weighted by Crippen LogP contribution is -2.40. The van der Waals surface area contributed by atoms with Gasteiger partial charge in [-0.05, 0) is 36.1 Å². The molecule has 150 valence electrons. The van der Waals surface area contributed by atoms with Crippen LogP contribution >= 0.6 is 11.3 Å². The van der Waals surface area contributed by atoms with Gasteiger partial charge in [0, 0.05) is 32.0 Å². The van der Waals surface area contributed by atoms with E-state index in [1.165, 1.54) is 12.1 Å². The predicted octanol–water partition coefficient (Wildman–Crippen LogP) is 3.80. The van der Waals surface area contributed by atoms with E-state index >= 15 is 0 Å². The van der Waals surface area contributed by atoms with Gasteiger partial charge in [0.15, 0.2) is 0 Å². The lowest BCUT2D eigenvalue weighted by atomic mass is 9.96.